The summed E-state index contributed by atoms with van der Waals surface area (Å²) in [6.07, 6.45) is 0.906. The third kappa shape index (κ3) is 3.62. The van der Waals surface area contributed by atoms with Crippen molar-refractivity contribution in [2.45, 2.75) is 12.8 Å². The number of aromatic nitrogens is 1. The lowest BCUT2D eigenvalue weighted by molar-refractivity contribution is -0.120. The number of thiol groups is 1. The Labute approximate surface area is 145 Å². The van der Waals surface area contributed by atoms with E-state index in [0.29, 0.717) is 25.1 Å². The van der Waals surface area contributed by atoms with Crippen molar-refractivity contribution >= 4 is 29.4 Å². The molecule has 5 heteroatoms. The van der Waals surface area contributed by atoms with Crippen molar-refractivity contribution in [2.75, 3.05) is 12.3 Å². The number of hydrogen-bond acceptors (Lipinski definition) is 2. The summed E-state index contributed by atoms with van der Waals surface area (Å²) in [5.41, 5.74) is 3.82. The maximum Gasteiger partial charge on any atom is 0.220 e. The highest BCUT2D eigenvalue weighted by Crippen LogP contribution is 2.31. The number of hydrogen-bond donors (Lipinski definition) is 3. The molecule has 1 heterocycles. The van der Waals surface area contributed by atoms with E-state index in [2.05, 4.69) is 22.9 Å². The molecule has 1 aromatic heterocycles. The SMILES string of the molecule is O=C(CCc1c(-c2ccccc2)[nH]c2ccc(F)cc12)NCCS. The van der Waals surface area contributed by atoms with E-state index in [1.54, 1.807) is 6.07 Å². The maximum atomic E-state index is 13.7. The van der Waals surface area contributed by atoms with Crippen LogP contribution in [0.2, 0.25) is 0 Å². The number of amides is 1. The second kappa shape index (κ2) is 7.53. The van der Waals surface area contributed by atoms with Crippen molar-refractivity contribution in [3.8, 4) is 11.3 Å². The summed E-state index contributed by atoms with van der Waals surface area (Å²) in [5.74, 6) is 0.315. The van der Waals surface area contributed by atoms with E-state index < -0.39 is 0 Å². The Hall–Kier alpha value is -2.27. The summed E-state index contributed by atoms with van der Waals surface area (Å²) in [4.78, 5) is 15.3. The molecule has 0 spiro atoms. The Morgan fingerprint density at radius 2 is 1.96 bits per heavy atom. The minimum Gasteiger partial charge on any atom is -0.355 e. The number of rotatable bonds is 6. The van der Waals surface area contributed by atoms with Gasteiger partial charge >= 0.3 is 0 Å². The van der Waals surface area contributed by atoms with Crippen molar-refractivity contribution < 1.29 is 9.18 Å². The summed E-state index contributed by atoms with van der Waals surface area (Å²) >= 11 is 4.09. The normalized spacial score (nSPS) is 10.9. The molecule has 124 valence electrons. The van der Waals surface area contributed by atoms with E-state index in [-0.39, 0.29) is 11.7 Å². The van der Waals surface area contributed by atoms with E-state index >= 15 is 0 Å². The Morgan fingerprint density at radius 3 is 2.71 bits per heavy atom. The molecule has 0 bridgehead atoms. The lowest BCUT2D eigenvalue weighted by Gasteiger charge is -2.06. The quantitative estimate of drug-likeness (QED) is 0.584. The Morgan fingerprint density at radius 1 is 1.17 bits per heavy atom. The first-order valence-electron chi connectivity index (χ1n) is 7.92. The second-order valence-corrected chi connectivity index (χ2v) is 6.06. The third-order valence-corrected chi connectivity index (χ3v) is 4.19. The highest BCUT2D eigenvalue weighted by Gasteiger charge is 2.15. The molecule has 3 nitrogen and oxygen atoms in total. The van der Waals surface area contributed by atoms with Crippen LogP contribution in [0.25, 0.3) is 22.2 Å². The van der Waals surface area contributed by atoms with Crippen LogP contribution in [0.3, 0.4) is 0 Å². The molecule has 0 fully saturated rings. The smallest absolute Gasteiger partial charge is 0.220 e. The fourth-order valence-electron chi connectivity index (χ4n) is 2.85. The van der Waals surface area contributed by atoms with Gasteiger partial charge in [0.25, 0.3) is 0 Å². The second-order valence-electron chi connectivity index (χ2n) is 5.61. The van der Waals surface area contributed by atoms with Gasteiger partial charge in [-0.05, 0) is 35.7 Å². The van der Waals surface area contributed by atoms with Crippen LogP contribution in [0.1, 0.15) is 12.0 Å². The first kappa shape index (κ1) is 16.6. The average Bonchev–Trinajstić information content (AvgIpc) is 2.96. The molecule has 2 N–H and O–H groups in total. The summed E-state index contributed by atoms with van der Waals surface area (Å²) in [6.45, 7) is 0.552. The van der Waals surface area contributed by atoms with Crippen LogP contribution in [0.4, 0.5) is 4.39 Å². The molecule has 3 aromatic rings. The number of aromatic amines is 1. The average molecular weight is 342 g/mol. The molecule has 0 atom stereocenters. The molecule has 0 saturated carbocycles. The van der Waals surface area contributed by atoms with E-state index in [1.807, 2.05) is 30.3 Å². The number of H-pyrrole nitrogens is 1. The number of nitrogens with one attached hydrogen (secondary N) is 2. The zero-order valence-corrected chi connectivity index (χ0v) is 14.1. The number of fused-ring (bicyclic) bond motifs is 1. The topological polar surface area (TPSA) is 44.9 Å². The van der Waals surface area contributed by atoms with Crippen LogP contribution >= 0.6 is 12.6 Å². The van der Waals surface area contributed by atoms with Gasteiger partial charge in [0.15, 0.2) is 0 Å². The zero-order valence-electron chi connectivity index (χ0n) is 13.2. The molecule has 0 aliphatic carbocycles. The van der Waals surface area contributed by atoms with E-state index in [4.69, 9.17) is 0 Å². The first-order chi connectivity index (χ1) is 11.7. The molecule has 0 aliphatic rings. The molecular formula is C19H19FN2OS. The number of benzene rings is 2. The van der Waals surface area contributed by atoms with Crippen LogP contribution in [0.5, 0.6) is 0 Å². The molecule has 0 radical (unpaired) electrons. The predicted molar refractivity (Wildman–Crippen MR) is 98.9 cm³/mol. The Bertz CT molecular complexity index is 845. The molecule has 24 heavy (non-hydrogen) atoms. The van der Waals surface area contributed by atoms with Gasteiger partial charge in [-0.1, -0.05) is 30.3 Å². The standard InChI is InChI=1S/C19H19FN2OS/c20-14-6-8-17-16(12-14)15(7-9-18(23)21-10-11-24)19(22-17)13-4-2-1-3-5-13/h1-6,8,12,22,24H,7,9-11H2,(H,21,23). The first-order valence-corrected chi connectivity index (χ1v) is 8.55. The van der Waals surface area contributed by atoms with Crippen molar-refractivity contribution in [2.24, 2.45) is 0 Å². The number of carbonyl (C=O) groups excluding carboxylic acids is 1. The summed E-state index contributed by atoms with van der Waals surface area (Å²) in [7, 11) is 0. The minimum absolute atomic E-state index is 0.0196. The van der Waals surface area contributed by atoms with Gasteiger partial charge in [0.2, 0.25) is 5.91 Å². The fourth-order valence-corrected chi connectivity index (χ4v) is 2.96. The predicted octanol–water partition coefficient (Wildman–Crippen LogP) is 3.95. The third-order valence-electron chi connectivity index (χ3n) is 3.97. The minimum atomic E-state index is -0.276. The van der Waals surface area contributed by atoms with Crippen LogP contribution < -0.4 is 5.32 Å². The van der Waals surface area contributed by atoms with Crippen molar-refractivity contribution in [1.82, 2.24) is 10.3 Å². The number of aryl methyl sites for hydroxylation is 1. The van der Waals surface area contributed by atoms with Crippen LogP contribution in [-0.4, -0.2) is 23.2 Å². The summed E-state index contributed by atoms with van der Waals surface area (Å²) in [6, 6.07) is 14.6. The summed E-state index contributed by atoms with van der Waals surface area (Å²) < 4.78 is 13.7. The zero-order chi connectivity index (χ0) is 16.9. The Kier molecular flexibility index (Phi) is 5.20. The van der Waals surface area contributed by atoms with E-state index in [9.17, 15) is 9.18 Å². The van der Waals surface area contributed by atoms with Gasteiger partial charge in [0, 0.05) is 35.3 Å². The molecule has 3 rings (SSSR count). The highest BCUT2D eigenvalue weighted by atomic mass is 32.1. The highest BCUT2D eigenvalue weighted by molar-refractivity contribution is 7.80. The van der Waals surface area contributed by atoms with Gasteiger partial charge < -0.3 is 10.3 Å². The largest absolute Gasteiger partial charge is 0.355 e. The van der Waals surface area contributed by atoms with Crippen LogP contribution in [-0.2, 0) is 11.2 Å². The van der Waals surface area contributed by atoms with Gasteiger partial charge in [-0.25, -0.2) is 4.39 Å². The van der Waals surface area contributed by atoms with Crippen molar-refractivity contribution in [3.05, 3.63) is 59.9 Å². The molecule has 1 amide bonds. The van der Waals surface area contributed by atoms with Crippen molar-refractivity contribution in [1.29, 1.82) is 0 Å². The molecule has 0 aliphatic heterocycles. The monoisotopic (exact) mass is 342 g/mol. The van der Waals surface area contributed by atoms with Gasteiger partial charge in [0.05, 0.1) is 0 Å². The number of carbonyl (C=O) groups is 1. The molecular weight excluding hydrogens is 323 g/mol. The van der Waals surface area contributed by atoms with Gasteiger partial charge in [-0.3, -0.25) is 4.79 Å². The maximum absolute atomic E-state index is 13.7. The lowest BCUT2D eigenvalue weighted by Crippen LogP contribution is -2.25. The van der Waals surface area contributed by atoms with Gasteiger partial charge in [-0.2, -0.15) is 12.6 Å². The van der Waals surface area contributed by atoms with Crippen molar-refractivity contribution in [3.63, 3.8) is 0 Å². The number of halogens is 1. The van der Waals surface area contributed by atoms with E-state index in [0.717, 1.165) is 27.7 Å². The molecule has 2 aromatic carbocycles. The van der Waals surface area contributed by atoms with Crippen LogP contribution in [0, 0.1) is 5.82 Å². The van der Waals surface area contributed by atoms with E-state index in [1.165, 1.54) is 12.1 Å². The van der Waals surface area contributed by atoms with Gasteiger partial charge in [0.1, 0.15) is 5.82 Å². The molecule has 0 unspecified atom stereocenters. The lowest BCUT2D eigenvalue weighted by atomic mass is 10.0. The molecule has 0 saturated heterocycles. The van der Waals surface area contributed by atoms with Gasteiger partial charge in [-0.15, -0.1) is 0 Å². The summed E-state index contributed by atoms with van der Waals surface area (Å²) in [5, 5.41) is 3.64. The van der Waals surface area contributed by atoms with Crippen LogP contribution in [0.15, 0.2) is 48.5 Å². The Balaban J connectivity index is 1.96. The fraction of sp³-hybridized carbons (Fsp3) is 0.211.